The number of phenols is 2. The van der Waals surface area contributed by atoms with Gasteiger partial charge in [0, 0.05) is 45.6 Å². The number of H-pyrrole nitrogens is 4. The average molecular weight is 863 g/mol. The number of benzene rings is 5. The van der Waals surface area contributed by atoms with Crippen LogP contribution in [0.25, 0.3) is 0 Å². The lowest BCUT2D eigenvalue weighted by molar-refractivity contribution is 0.398. The number of nitrogens with one attached hydrogen (secondary N) is 4. The number of fused-ring (bicyclic) bond motifs is 14. The zero-order valence-corrected chi connectivity index (χ0v) is 36.7. The van der Waals surface area contributed by atoms with Crippen molar-refractivity contribution >= 4 is 12.9 Å². The number of phenolic OH excluding ortho intramolecular Hbond substituents is 2. The number of aromatic nitrogens is 4. The van der Waals surface area contributed by atoms with E-state index in [1.165, 1.54) is 0 Å². The molecular weight excluding hydrogens is 816 g/mol. The Labute approximate surface area is 371 Å². The zero-order valence-electron chi connectivity index (χ0n) is 35.8. The minimum Gasteiger partial charge on any atom is -0.508 e. The SMILES string of the molecule is CC1(c2cccc(O)c2)c2ccc([nH]2)C(C)(c2cccc(O)c2)c2ccc([nH]2)C2(C)c3cccc(c3)OP(=O)(c3ccccc3)Oc3cccc(c3)C(C)(c3ccc1[nH]3)c1ccc2[nH]1. The van der Waals surface area contributed by atoms with Gasteiger partial charge in [0.2, 0.25) is 0 Å². The summed E-state index contributed by atoms with van der Waals surface area (Å²) in [5, 5.41) is 22.3. The Bertz CT molecular complexity index is 3100. The molecule has 64 heavy (non-hydrogen) atoms. The van der Waals surface area contributed by atoms with Crippen molar-refractivity contribution in [3.05, 3.63) is 244 Å². The van der Waals surface area contributed by atoms with Crippen LogP contribution in [0, 0.1) is 0 Å². The van der Waals surface area contributed by atoms with Crippen LogP contribution in [0.3, 0.4) is 0 Å². The molecule has 0 fully saturated rings. The predicted molar refractivity (Wildman–Crippen MR) is 249 cm³/mol. The van der Waals surface area contributed by atoms with Crippen LogP contribution in [0.1, 0.15) is 95.5 Å². The first kappa shape index (κ1) is 39.5. The van der Waals surface area contributed by atoms with E-state index in [2.05, 4.69) is 108 Å². The summed E-state index contributed by atoms with van der Waals surface area (Å²) < 4.78 is 28.5. The molecule has 0 spiro atoms. The largest absolute Gasteiger partial charge is 0.508 e. The molecule has 9 nitrogen and oxygen atoms in total. The van der Waals surface area contributed by atoms with Crippen LogP contribution in [0.4, 0.5) is 0 Å². The van der Waals surface area contributed by atoms with Gasteiger partial charge in [-0.25, -0.2) is 4.57 Å². The van der Waals surface area contributed by atoms with Crippen molar-refractivity contribution in [1.29, 1.82) is 0 Å². The third-order valence-electron chi connectivity index (χ3n) is 14.2. The summed E-state index contributed by atoms with van der Waals surface area (Å²) in [5.74, 6) is 1.11. The molecule has 14 bridgehead atoms. The third-order valence-corrected chi connectivity index (χ3v) is 16.1. The highest BCUT2D eigenvalue weighted by molar-refractivity contribution is 7.63. The molecule has 10 heteroatoms. The van der Waals surface area contributed by atoms with Gasteiger partial charge in [0.05, 0.1) is 27.0 Å². The Balaban J connectivity index is 1.25. The van der Waals surface area contributed by atoms with E-state index in [1.807, 2.05) is 91.0 Å². The summed E-state index contributed by atoms with van der Waals surface area (Å²) in [6.45, 7) is 8.69. The highest BCUT2D eigenvalue weighted by atomic mass is 31.2. The summed E-state index contributed by atoms with van der Waals surface area (Å²) in [7, 11) is -4.05. The van der Waals surface area contributed by atoms with Gasteiger partial charge in [-0.2, -0.15) is 0 Å². The van der Waals surface area contributed by atoms with E-state index in [-0.39, 0.29) is 11.5 Å². The molecule has 6 N–H and O–H groups in total. The molecule has 4 aromatic heterocycles. The van der Waals surface area contributed by atoms with E-state index in [4.69, 9.17) is 9.05 Å². The van der Waals surface area contributed by atoms with Crippen molar-refractivity contribution in [3.63, 3.8) is 0 Å². The molecule has 6 heterocycles. The number of hydrogen-bond acceptors (Lipinski definition) is 5. The van der Waals surface area contributed by atoms with Gasteiger partial charge in [-0.15, -0.1) is 0 Å². The van der Waals surface area contributed by atoms with E-state index in [0.29, 0.717) is 16.8 Å². The van der Waals surface area contributed by atoms with Crippen LogP contribution in [0.5, 0.6) is 23.0 Å². The second-order valence-electron chi connectivity index (χ2n) is 17.8. The molecule has 0 amide bonds. The first-order chi connectivity index (χ1) is 30.8. The molecule has 4 unspecified atom stereocenters. The standard InChI is InChI=1S/C54H47N4O5P/c1-51(34-12-8-16-38(59)30-34)43-22-23-44(55-43)52(2,35-13-9-17-39(60)31-35)46-25-27-48(57-46)54(4)37-15-11-19-41(33-37)63-64(61,42-20-6-5-7-21-42)62-40-18-10-14-36(32-40)53(3,47-26-24-45(51)56-47)49-28-29-50(54)58-49/h5-33,55-60H,1-4H3. The van der Waals surface area contributed by atoms with Crippen LogP contribution in [-0.4, -0.2) is 30.1 Å². The summed E-state index contributed by atoms with van der Waals surface area (Å²) in [6, 6.07) is 56.5. The van der Waals surface area contributed by atoms with Crippen LogP contribution in [0.2, 0.25) is 0 Å². The average Bonchev–Trinajstić information content (AvgIpc) is 4.16. The molecule has 0 aliphatic carbocycles. The summed E-state index contributed by atoms with van der Waals surface area (Å²) in [6.07, 6.45) is 0. The Kier molecular flexibility index (Phi) is 8.69. The minimum absolute atomic E-state index is 0.159. The topological polar surface area (TPSA) is 139 Å². The third kappa shape index (κ3) is 5.80. The van der Waals surface area contributed by atoms with Gasteiger partial charge >= 0.3 is 7.60 Å². The number of aromatic amines is 4. The lowest BCUT2D eigenvalue weighted by atomic mass is 9.76. The highest BCUT2D eigenvalue weighted by Gasteiger charge is 2.44. The molecular formula is C54H47N4O5P. The summed E-state index contributed by atoms with van der Waals surface area (Å²) in [5.41, 5.74) is 7.32. The Morgan fingerprint density at radius 3 is 0.984 bits per heavy atom. The predicted octanol–water partition coefficient (Wildman–Crippen LogP) is 11.4. The summed E-state index contributed by atoms with van der Waals surface area (Å²) in [4.78, 5) is 15.7. The summed E-state index contributed by atoms with van der Waals surface area (Å²) >= 11 is 0. The molecule has 5 aromatic carbocycles. The van der Waals surface area contributed by atoms with Crippen LogP contribution >= 0.6 is 7.60 Å². The first-order valence-electron chi connectivity index (χ1n) is 21.5. The molecule has 11 rings (SSSR count). The van der Waals surface area contributed by atoms with E-state index >= 15 is 4.57 Å². The minimum atomic E-state index is -4.05. The second kappa shape index (κ2) is 14.1. The fourth-order valence-electron chi connectivity index (χ4n) is 10.1. The van der Waals surface area contributed by atoms with Gasteiger partial charge in [0.1, 0.15) is 23.0 Å². The maximum Gasteiger partial charge on any atom is 0.462 e. The van der Waals surface area contributed by atoms with Crippen LogP contribution in [-0.2, 0) is 26.2 Å². The van der Waals surface area contributed by atoms with Gasteiger partial charge in [-0.1, -0.05) is 66.7 Å². The molecule has 0 saturated heterocycles. The number of aromatic hydroxyl groups is 2. The van der Waals surface area contributed by atoms with E-state index in [1.54, 1.807) is 24.3 Å². The normalized spacial score (nSPS) is 24.7. The van der Waals surface area contributed by atoms with Crippen molar-refractivity contribution in [3.8, 4) is 23.0 Å². The lowest BCUT2D eigenvalue weighted by Crippen LogP contribution is -2.32. The quantitative estimate of drug-likeness (QED) is 0.0982. The monoisotopic (exact) mass is 862 g/mol. The van der Waals surface area contributed by atoms with E-state index < -0.39 is 29.3 Å². The van der Waals surface area contributed by atoms with E-state index in [9.17, 15) is 10.2 Å². The smallest absolute Gasteiger partial charge is 0.462 e. The Morgan fingerprint density at radius 2 is 0.672 bits per heavy atom. The van der Waals surface area contributed by atoms with Gasteiger partial charge < -0.3 is 39.2 Å². The van der Waals surface area contributed by atoms with Crippen molar-refractivity contribution < 1.29 is 23.8 Å². The second-order valence-corrected chi connectivity index (χ2v) is 19.7. The number of rotatable bonds is 3. The first-order valence-corrected chi connectivity index (χ1v) is 23.0. The van der Waals surface area contributed by atoms with Crippen molar-refractivity contribution in [1.82, 2.24) is 19.9 Å². The van der Waals surface area contributed by atoms with Crippen molar-refractivity contribution in [2.24, 2.45) is 0 Å². The molecule has 2 aliphatic heterocycles. The fourth-order valence-corrected chi connectivity index (χ4v) is 11.7. The molecule has 318 valence electrons. The molecule has 4 atom stereocenters. The van der Waals surface area contributed by atoms with Gasteiger partial charge in [-0.3, -0.25) is 0 Å². The van der Waals surface area contributed by atoms with Gasteiger partial charge in [-0.05, 0) is 159 Å². The van der Waals surface area contributed by atoms with Crippen LogP contribution in [0.15, 0.2) is 176 Å². The van der Waals surface area contributed by atoms with Gasteiger partial charge in [0.15, 0.2) is 0 Å². The lowest BCUT2D eigenvalue weighted by Gasteiger charge is -2.34. The Morgan fingerprint density at radius 1 is 0.375 bits per heavy atom. The van der Waals surface area contributed by atoms with Crippen LogP contribution < -0.4 is 14.4 Å². The number of hydrogen-bond donors (Lipinski definition) is 6. The maximum atomic E-state index is 15.3. The molecule has 0 radical (unpaired) electrons. The maximum absolute atomic E-state index is 15.3. The van der Waals surface area contributed by atoms with E-state index in [0.717, 1.165) is 67.8 Å². The Hall–Kier alpha value is -7.35. The molecule has 9 aromatic rings. The zero-order chi connectivity index (χ0) is 44.1. The van der Waals surface area contributed by atoms with Crippen molar-refractivity contribution in [2.75, 3.05) is 0 Å². The molecule has 2 aliphatic rings. The van der Waals surface area contributed by atoms with Gasteiger partial charge in [0.25, 0.3) is 0 Å². The fraction of sp³-hybridized carbons (Fsp3) is 0.148. The van der Waals surface area contributed by atoms with Crippen molar-refractivity contribution in [2.45, 2.75) is 49.4 Å². The molecule has 0 saturated carbocycles. The highest BCUT2D eigenvalue weighted by Crippen LogP contribution is 2.52.